The van der Waals surface area contributed by atoms with Gasteiger partial charge in [0.25, 0.3) is 0 Å². The normalized spacial score (nSPS) is 22.8. The maximum Gasteiger partial charge on any atom is 0.115 e. The summed E-state index contributed by atoms with van der Waals surface area (Å²) in [6.45, 7) is 2.47. The minimum absolute atomic E-state index is 0.272. The molecule has 2 heteroatoms. The molecule has 0 N–H and O–H groups in total. The van der Waals surface area contributed by atoms with E-state index in [4.69, 9.17) is 9.47 Å². The molecule has 0 bridgehead atoms. The van der Waals surface area contributed by atoms with Crippen molar-refractivity contribution in [2.24, 2.45) is 0 Å². The fourth-order valence-corrected chi connectivity index (χ4v) is 1.68. The molecule has 1 aromatic rings. The monoisotopic (exact) mass is 216 g/mol. The quantitative estimate of drug-likeness (QED) is 0.720. The Kier molecular flexibility index (Phi) is 3.85. The van der Waals surface area contributed by atoms with Gasteiger partial charge in [0.2, 0.25) is 0 Å². The topological polar surface area (TPSA) is 18.5 Å². The highest BCUT2D eigenvalue weighted by atomic mass is 16.5. The number of hydrogen-bond acceptors (Lipinski definition) is 2. The van der Waals surface area contributed by atoms with Crippen molar-refractivity contribution in [2.45, 2.75) is 38.6 Å². The third kappa shape index (κ3) is 3.01. The second kappa shape index (κ2) is 5.58. The maximum absolute atomic E-state index is 5.75. The summed E-state index contributed by atoms with van der Waals surface area (Å²) in [5.74, 6) is 2.73. The lowest BCUT2D eigenvalue weighted by Crippen LogP contribution is -2.36. The van der Waals surface area contributed by atoms with Gasteiger partial charge >= 0.3 is 0 Å². The van der Waals surface area contributed by atoms with Crippen LogP contribution in [0.2, 0.25) is 0 Å². The van der Waals surface area contributed by atoms with Crippen molar-refractivity contribution in [1.82, 2.24) is 0 Å². The van der Waals surface area contributed by atoms with Crippen LogP contribution in [0.1, 0.15) is 25.3 Å². The van der Waals surface area contributed by atoms with Crippen molar-refractivity contribution >= 4 is 0 Å². The van der Waals surface area contributed by atoms with Gasteiger partial charge in [-0.1, -0.05) is 36.3 Å². The van der Waals surface area contributed by atoms with Crippen LogP contribution in [0.4, 0.5) is 0 Å². The average molecular weight is 216 g/mol. The second-order valence-electron chi connectivity index (χ2n) is 3.98. The fraction of sp³-hybridized carbons (Fsp3) is 0.429. The number of hydrogen-bond donors (Lipinski definition) is 0. The Balaban J connectivity index is 1.64. The zero-order valence-electron chi connectivity index (χ0n) is 9.48. The summed E-state index contributed by atoms with van der Waals surface area (Å²) in [5, 5.41) is 0. The molecule has 1 aromatic carbocycles. The van der Waals surface area contributed by atoms with Crippen LogP contribution in [0, 0.1) is 12.0 Å². The van der Waals surface area contributed by atoms with Gasteiger partial charge in [0, 0.05) is 19.8 Å². The summed E-state index contributed by atoms with van der Waals surface area (Å²) in [5.41, 5.74) is 1.22. The van der Waals surface area contributed by atoms with E-state index in [9.17, 15) is 0 Å². The van der Waals surface area contributed by atoms with Crippen LogP contribution < -0.4 is 0 Å². The molecule has 0 saturated heterocycles. The van der Waals surface area contributed by atoms with Crippen molar-refractivity contribution in [3.63, 3.8) is 0 Å². The summed E-state index contributed by atoms with van der Waals surface area (Å²) in [7, 11) is 0. The first kappa shape index (κ1) is 11.0. The van der Waals surface area contributed by atoms with Gasteiger partial charge in [-0.05, 0) is 5.56 Å². The first-order chi connectivity index (χ1) is 7.88. The van der Waals surface area contributed by atoms with Gasteiger partial charge in [0.05, 0.1) is 12.7 Å². The molecule has 1 aliphatic rings. The minimum atomic E-state index is 0.272. The van der Waals surface area contributed by atoms with E-state index >= 15 is 0 Å². The van der Waals surface area contributed by atoms with Crippen LogP contribution in [0.15, 0.2) is 30.3 Å². The third-order valence-corrected chi connectivity index (χ3v) is 2.71. The van der Waals surface area contributed by atoms with E-state index in [2.05, 4.69) is 24.2 Å². The Morgan fingerprint density at radius 3 is 2.62 bits per heavy atom. The lowest BCUT2D eigenvalue weighted by molar-refractivity contribution is -0.0774. The van der Waals surface area contributed by atoms with Crippen LogP contribution in [0.3, 0.4) is 0 Å². The molecule has 0 unspecified atom stereocenters. The average Bonchev–Trinajstić information content (AvgIpc) is 2.28. The van der Waals surface area contributed by atoms with Crippen LogP contribution >= 0.6 is 0 Å². The predicted octanol–water partition coefficient (Wildman–Crippen LogP) is 2.73. The van der Waals surface area contributed by atoms with Crippen LogP contribution in [0.25, 0.3) is 0 Å². The summed E-state index contributed by atoms with van der Waals surface area (Å²) >= 11 is 0. The van der Waals surface area contributed by atoms with Crippen LogP contribution in [-0.2, 0) is 16.1 Å². The Labute approximate surface area is 96.6 Å². The van der Waals surface area contributed by atoms with Gasteiger partial charge in [0.1, 0.15) is 12.2 Å². The summed E-state index contributed by atoms with van der Waals surface area (Å²) in [6.07, 6.45) is 5.17. The molecule has 0 atom stereocenters. The molecule has 0 amide bonds. The van der Waals surface area contributed by atoms with Crippen molar-refractivity contribution < 1.29 is 9.47 Å². The lowest BCUT2D eigenvalue weighted by Gasteiger charge is -2.33. The highest BCUT2D eigenvalue weighted by Gasteiger charge is 2.31. The van der Waals surface area contributed by atoms with Gasteiger partial charge in [-0.25, -0.2) is 0 Å². The number of rotatable bonds is 4. The summed E-state index contributed by atoms with van der Waals surface area (Å²) < 4.78 is 11.0. The van der Waals surface area contributed by atoms with Crippen molar-refractivity contribution in [3.8, 4) is 12.0 Å². The van der Waals surface area contributed by atoms with Gasteiger partial charge < -0.3 is 9.47 Å². The van der Waals surface area contributed by atoms with E-state index in [-0.39, 0.29) is 6.10 Å². The maximum atomic E-state index is 5.75. The Morgan fingerprint density at radius 1 is 1.19 bits per heavy atom. The molecule has 1 aliphatic carbocycles. The molecular formula is C14H16O2. The highest BCUT2D eigenvalue weighted by molar-refractivity contribution is 5.13. The molecule has 0 spiro atoms. The van der Waals surface area contributed by atoms with E-state index in [1.54, 1.807) is 6.92 Å². The Hall–Kier alpha value is -1.46. The molecule has 0 heterocycles. The van der Waals surface area contributed by atoms with Crippen molar-refractivity contribution in [2.75, 3.05) is 0 Å². The molecule has 2 rings (SSSR count). The van der Waals surface area contributed by atoms with Gasteiger partial charge in [0.15, 0.2) is 0 Å². The van der Waals surface area contributed by atoms with Crippen LogP contribution in [0.5, 0.6) is 0 Å². The van der Waals surface area contributed by atoms with Crippen molar-refractivity contribution in [1.29, 1.82) is 0 Å². The van der Waals surface area contributed by atoms with Gasteiger partial charge in [-0.3, -0.25) is 0 Å². The number of benzene rings is 1. The lowest BCUT2D eigenvalue weighted by atomic mass is 9.92. The second-order valence-corrected chi connectivity index (χ2v) is 3.98. The molecule has 84 valence electrons. The fourth-order valence-electron chi connectivity index (χ4n) is 1.68. The third-order valence-electron chi connectivity index (χ3n) is 2.71. The molecule has 2 nitrogen and oxygen atoms in total. The zero-order chi connectivity index (χ0) is 11.2. The molecule has 0 radical (unpaired) electrons. The van der Waals surface area contributed by atoms with E-state index in [0.717, 1.165) is 12.8 Å². The molecule has 0 aromatic heterocycles. The SMILES string of the molecule is CC#CO[C@H]1C[C@H](OCc2ccccc2)C1. The first-order valence-corrected chi connectivity index (χ1v) is 5.61. The summed E-state index contributed by atoms with van der Waals surface area (Å²) in [4.78, 5) is 0. The van der Waals surface area contributed by atoms with E-state index < -0.39 is 0 Å². The molecule has 1 saturated carbocycles. The predicted molar refractivity (Wildman–Crippen MR) is 62.6 cm³/mol. The first-order valence-electron chi connectivity index (χ1n) is 5.61. The zero-order valence-corrected chi connectivity index (χ0v) is 9.48. The van der Waals surface area contributed by atoms with E-state index in [1.807, 2.05) is 18.2 Å². The van der Waals surface area contributed by atoms with Gasteiger partial charge in [-0.15, -0.1) is 0 Å². The standard InChI is InChI=1S/C14H16O2/c1-2-8-15-13-9-14(10-13)16-11-12-6-4-3-5-7-12/h3-7,13-14H,9-11H2,1H3/t13-,14-. The smallest absolute Gasteiger partial charge is 0.115 e. The molecule has 16 heavy (non-hydrogen) atoms. The Morgan fingerprint density at radius 2 is 1.94 bits per heavy atom. The molecular weight excluding hydrogens is 200 g/mol. The van der Waals surface area contributed by atoms with Crippen molar-refractivity contribution in [3.05, 3.63) is 35.9 Å². The Bertz CT molecular complexity index is 369. The molecule has 0 aliphatic heterocycles. The largest absolute Gasteiger partial charge is 0.443 e. The van der Waals surface area contributed by atoms with Gasteiger partial charge in [-0.2, -0.15) is 0 Å². The number of ether oxygens (including phenoxy) is 2. The molecule has 1 fully saturated rings. The van der Waals surface area contributed by atoms with Crippen LogP contribution in [-0.4, -0.2) is 12.2 Å². The van der Waals surface area contributed by atoms with E-state index in [0.29, 0.717) is 12.7 Å². The highest BCUT2D eigenvalue weighted by Crippen LogP contribution is 2.26. The summed E-state index contributed by atoms with van der Waals surface area (Å²) in [6, 6.07) is 10.2. The van der Waals surface area contributed by atoms with E-state index in [1.165, 1.54) is 5.56 Å². The minimum Gasteiger partial charge on any atom is -0.443 e.